The van der Waals surface area contributed by atoms with Gasteiger partial charge in [0.15, 0.2) is 0 Å². The van der Waals surface area contributed by atoms with E-state index in [4.69, 9.17) is 0 Å². The third-order valence-electron chi connectivity index (χ3n) is 15.9. The smallest absolute Gasteiger partial charge is 0.333 e. The van der Waals surface area contributed by atoms with Crippen molar-refractivity contribution < 1.29 is 0 Å². The Hall–Kier alpha value is -7.62. The highest BCUT2D eigenvalue weighted by Crippen LogP contribution is 2.56. The lowest BCUT2D eigenvalue weighted by atomic mass is 9.42. The Balaban J connectivity index is 1.14. The zero-order chi connectivity index (χ0) is 44.2. The fourth-order valence-electron chi connectivity index (χ4n) is 12.8. The van der Waals surface area contributed by atoms with Crippen LogP contribution in [0.4, 0.5) is 28.4 Å². The van der Waals surface area contributed by atoms with Crippen molar-refractivity contribution in [2.45, 2.75) is 45.4 Å². The predicted molar refractivity (Wildman–Crippen MR) is 280 cm³/mol. The first kappa shape index (κ1) is 37.7. The lowest BCUT2D eigenvalue weighted by molar-refractivity contribution is 0.660. The molecule has 2 aliphatic heterocycles. The maximum atomic E-state index is 2.74. The molecule has 0 saturated carbocycles. The van der Waals surface area contributed by atoms with Gasteiger partial charge in [-0.1, -0.05) is 185 Å². The molecule has 0 N–H and O–H groups in total. The van der Waals surface area contributed by atoms with Crippen LogP contribution in [0, 0.1) is 6.92 Å². The Morgan fingerprint density at radius 2 is 1.02 bits per heavy atom. The molecule has 0 spiro atoms. The Morgan fingerprint density at radius 1 is 0.394 bits per heavy atom. The molecule has 14 rings (SSSR count). The highest BCUT2D eigenvalue weighted by Gasteiger charge is 2.49. The Kier molecular flexibility index (Phi) is 7.57. The lowest BCUT2D eigenvalue weighted by Crippen LogP contribution is -2.61. The molecule has 10 aromatic carbocycles. The number of fused-ring (bicyclic) bond motifs is 14. The second-order valence-electron chi connectivity index (χ2n) is 20.1. The summed E-state index contributed by atoms with van der Waals surface area (Å²) in [5, 5.41) is 5.01. The van der Waals surface area contributed by atoms with E-state index in [1.165, 1.54) is 133 Å². The summed E-state index contributed by atoms with van der Waals surface area (Å²) in [7, 11) is 0. The van der Waals surface area contributed by atoms with Crippen LogP contribution < -0.4 is 20.6 Å². The fourth-order valence-corrected chi connectivity index (χ4v) is 12.8. The molecule has 0 unspecified atom stereocenters. The Labute approximate surface area is 387 Å². The summed E-state index contributed by atoms with van der Waals surface area (Å²) in [6.07, 6.45) is 0. The van der Waals surface area contributed by atoms with Crippen molar-refractivity contribution in [2.24, 2.45) is 0 Å². The zero-order valence-corrected chi connectivity index (χ0v) is 37.9. The van der Waals surface area contributed by atoms with Crippen molar-refractivity contribution in [3.63, 3.8) is 0 Å². The predicted octanol–water partition coefficient (Wildman–Crippen LogP) is 15.3. The van der Waals surface area contributed by atoms with Gasteiger partial charge in [0, 0.05) is 49.9 Å². The monoisotopic (exact) mass is 842 g/mol. The highest BCUT2D eigenvalue weighted by molar-refractivity contribution is 6.94. The van der Waals surface area contributed by atoms with Crippen molar-refractivity contribution in [1.82, 2.24) is 0 Å². The van der Waals surface area contributed by atoms with E-state index in [9.17, 15) is 0 Å². The van der Waals surface area contributed by atoms with Crippen molar-refractivity contribution in [2.75, 3.05) is 9.71 Å². The third-order valence-corrected chi connectivity index (χ3v) is 15.9. The maximum Gasteiger partial charge on any atom is 0.333 e. The minimum atomic E-state index is -0.182. The van der Waals surface area contributed by atoms with Gasteiger partial charge < -0.3 is 9.71 Å². The van der Waals surface area contributed by atoms with Crippen LogP contribution in [0.15, 0.2) is 194 Å². The second kappa shape index (κ2) is 13.2. The summed E-state index contributed by atoms with van der Waals surface area (Å²) in [6, 6.07) is 74.0. The van der Waals surface area contributed by atoms with Crippen molar-refractivity contribution in [1.29, 1.82) is 0 Å². The Bertz CT molecular complexity index is 3750. The molecule has 2 heterocycles. The van der Waals surface area contributed by atoms with Gasteiger partial charge in [-0.2, -0.15) is 0 Å². The average molecular weight is 843 g/mol. The van der Waals surface area contributed by atoms with Gasteiger partial charge in [-0.3, -0.25) is 0 Å². The lowest BCUT2D eigenvalue weighted by Gasteiger charge is -2.47. The van der Waals surface area contributed by atoms with Gasteiger partial charge in [0.25, 0.3) is 0 Å². The molecule has 10 aromatic rings. The van der Waals surface area contributed by atoms with E-state index in [1.807, 2.05) is 0 Å². The van der Waals surface area contributed by atoms with E-state index in [-0.39, 0.29) is 17.7 Å². The first-order valence-electron chi connectivity index (χ1n) is 23.5. The van der Waals surface area contributed by atoms with E-state index in [0.717, 1.165) is 0 Å². The van der Waals surface area contributed by atoms with Gasteiger partial charge in [-0.25, -0.2) is 0 Å². The molecule has 0 atom stereocenters. The van der Waals surface area contributed by atoms with E-state index < -0.39 is 0 Å². The van der Waals surface area contributed by atoms with Crippen molar-refractivity contribution in [3.8, 4) is 44.5 Å². The summed E-state index contributed by atoms with van der Waals surface area (Å²) in [4.78, 5) is 5.40. The van der Waals surface area contributed by atoms with Gasteiger partial charge in [-0.15, -0.1) is 0 Å². The normalized spacial score (nSPS) is 15.2. The highest BCUT2D eigenvalue weighted by atomic mass is 15.2. The first-order valence-corrected chi connectivity index (χ1v) is 23.5. The molecule has 0 fully saturated rings. The van der Waals surface area contributed by atoms with Crippen LogP contribution in [0.1, 0.15) is 55.5 Å². The summed E-state index contributed by atoms with van der Waals surface area (Å²) < 4.78 is 0. The van der Waals surface area contributed by atoms with Gasteiger partial charge in [-0.05, 0) is 132 Å². The van der Waals surface area contributed by atoms with Crippen LogP contribution in [0.5, 0.6) is 0 Å². The standard InChI is InChI=1S/C63H47BN2/c1-38-33-41(39-17-7-6-8-18-39)28-32-57(38)65-58-37-55-50(47-24-14-16-26-53(47)63(55,4)5)36-56(58)64-59-51(34-42-20-10-12-22-45(42)61(59)65)48-30-27-40-19-9-11-21-44(40)60(48)66(64)43-29-31-54-49(35-43)46-23-13-15-25-52(46)62(54,2)3/h6-37H,1-5H3. The third kappa shape index (κ3) is 4.93. The minimum Gasteiger partial charge on any atom is -0.376 e. The van der Waals surface area contributed by atoms with Crippen LogP contribution in [0.2, 0.25) is 0 Å². The fraction of sp³-hybridized carbons (Fsp3) is 0.111. The molecule has 0 bridgehead atoms. The van der Waals surface area contributed by atoms with Crippen molar-refractivity contribution in [3.05, 3.63) is 222 Å². The number of aryl methyl sites for hydroxylation is 1. The van der Waals surface area contributed by atoms with Gasteiger partial charge >= 0.3 is 6.85 Å². The summed E-state index contributed by atoms with van der Waals surface area (Å²) in [5.74, 6) is 0. The molecular weight excluding hydrogens is 796 g/mol. The molecule has 312 valence electrons. The average Bonchev–Trinajstić information content (AvgIpc) is 3.72. The van der Waals surface area contributed by atoms with Crippen LogP contribution in [0.25, 0.3) is 66.1 Å². The first-order chi connectivity index (χ1) is 32.2. The SMILES string of the molecule is Cc1cc(-c2ccccc2)ccc1N1c2cc3c(cc2B2c4c(cc5ccccc5c41)-c1ccc4ccccc4c1N2c1ccc2c(c1)-c1ccccc1C2(C)C)-c1ccccc1C3(C)C. The van der Waals surface area contributed by atoms with Crippen molar-refractivity contribution >= 4 is 67.8 Å². The van der Waals surface area contributed by atoms with Crippen LogP contribution >= 0.6 is 0 Å². The number of rotatable bonds is 3. The zero-order valence-electron chi connectivity index (χ0n) is 37.9. The van der Waals surface area contributed by atoms with Gasteiger partial charge in [0.05, 0.1) is 5.69 Å². The van der Waals surface area contributed by atoms with E-state index in [2.05, 4.69) is 238 Å². The van der Waals surface area contributed by atoms with Gasteiger partial charge in [0.2, 0.25) is 0 Å². The largest absolute Gasteiger partial charge is 0.376 e. The Morgan fingerprint density at radius 3 is 1.76 bits per heavy atom. The summed E-state index contributed by atoms with van der Waals surface area (Å²) >= 11 is 0. The van der Waals surface area contributed by atoms with Crippen LogP contribution in [-0.2, 0) is 10.8 Å². The molecule has 0 radical (unpaired) electrons. The number of hydrogen-bond donors (Lipinski definition) is 0. The van der Waals surface area contributed by atoms with Crippen LogP contribution in [0.3, 0.4) is 0 Å². The van der Waals surface area contributed by atoms with E-state index in [0.29, 0.717) is 0 Å². The number of anilines is 5. The van der Waals surface area contributed by atoms with E-state index in [1.54, 1.807) is 0 Å². The summed E-state index contributed by atoms with van der Waals surface area (Å²) in [6.45, 7) is 11.8. The molecule has 2 nitrogen and oxygen atoms in total. The number of benzene rings is 10. The minimum absolute atomic E-state index is 0.0950. The second-order valence-corrected chi connectivity index (χ2v) is 20.1. The molecule has 0 saturated heterocycles. The molecule has 4 aliphatic rings. The molecule has 66 heavy (non-hydrogen) atoms. The molecule has 2 aliphatic carbocycles. The number of hydrogen-bond acceptors (Lipinski definition) is 2. The quantitative estimate of drug-likeness (QED) is 0.164. The number of nitrogens with zero attached hydrogens (tertiary/aromatic N) is 2. The molecule has 0 aromatic heterocycles. The molecule has 3 heteroatoms. The summed E-state index contributed by atoms with van der Waals surface area (Å²) in [5.41, 5.74) is 25.7. The molecular formula is C63H47BN2. The maximum absolute atomic E-state index is 2.74. The van der Waals surface area contributed by atoms with Gasteiger partial charge in [0.1, 0.15) is 0 Å². The van der Waals surface area contributed by atoms with E-state index >= 15 is 0 Å². The van der Waals surface area contributed by atoms with Crippen LogP contribution in [-0.4, -0.2) is 6.85 Å². The molecule has 0 amide bonds. The topological polar surface area (TPSA) is 6.48 Å².